The molecule has 0 radical (unpaired) electrons. The Labute approximate surface area is 149 Å². The molecule has 2 aliphatic carbocycles. The number of hydrogen-bond donors (Lipinski definition) is 4. The lowest BCUT2D eigenvalue weighted by atomic mass is 9.74. The van der Waals surface area contributed by atoms with Crippen LogP contribution >= 0.6 is 0 Å². The molecule has 4 N–H and O–H groups in total. The first-order valence-corrected chi connectivity index (χ1v) is 10.0. The van der Waals surface area contributed by atoms with E-state index in [1.807, 2.05) is 6.92 Å². The van der Waals surface area contributed by atoms with Gasteiger partial charge in [-0.1, -0.05) is 6.92 Å². The quantitative estimate of drug-likeness (QED) is 0.600. The highest BCUT2D eigenvalue weighted by Gasteiger charge is 2.44. The van der Waals surface area contributed by atoms with E-state index in [0.717, 1.165) is 19.4 Å². The summed E-state index contributed by atoms with van der Waals surface area (Å²) in [4.78, 5) is 18.0. The molecule has 7 unspecified atom stereocenters. The summed E-state index contributed by atoms with van der Waals surface area (Å²) in [5.41, 5.74) is 3.19. The van der Waals surface area contributed by atoms with Crippen LogP contribution in [0.3, 0.4) is 0 Å². The van der Waals surface area contributed by atoms with Crippen LogP contribution < -0.4 is 21.4 Å². The summed E-state index contributed by atoms with van der Waals surface area (Å²) in [7, 11) is 0. The van der Waals surface area contributed by atoms with E-state index in [2.05, 4.69) is 28.4 Å². The molecule has 0 aromatic rings. The molecule has 8 atom stereocenters. The monoisotopic (exact) mass is 352 g/mol. The first-order valence-electron chi connectivity index (χ1n) is 10.0. The molecular formula is C18H32N4O3. The van der Waals surface area contributed by atoms with E-state index >= 15 is 0 Å². The maximum atomic E-state index is 12.4. The molecule has 0 aromatic carbocycles. The highest BCUT2D eigenvalue weighted by Crippen LogP contribution is 2.45. The minimum Gasteiger partial charge on any atom is -0.350 e. The van der Waals surface area contributed by atoms with Gasteiger partial charge in [-0.05, 0) is 63.2 Å². The number of rotatable bonds is 4. The van der Waals surface area contributed by atoms with Crippen LogP contribution in [-0.4, -0.2) is 43.2 Å². The molecule has 0 spiro atoms. The zero-order valence-electron chi connectivity index (χ0n) is 15.3. The Hall–Kier alpha value is -0.730. The van der Waals surface area contributed by atoms with E-state index < -0.39 is 6.23 Å². The van der Waals surface area contributed by atoms with Gasteiger partial charge in [0.15, 0.2) is 6.23 Å². The minimum absolute atomic E-state index is 0.00966. The van der Waals surface area contributed by atoms with Gasteiger partial charge in [-0.2, -0.15) is 5.48 Å². The smallest absolute Gasteiger partial charge is 0.264 e. The highest BCUT2D eigenvalue weighted by molar-refractivity contribution is 5.81. The van der Waals surface area contributed by atoms with Crippen molar-refractivity contribution >= 4 is 5.91 Å². The van der Waals surface area contributed by atoms with Gasteiger partial charge in [-0.15, -0.1) is 0 Å². The van der Waals surface area contributed by atoms with E-state index in [4.69, 9.17) is 9.57 Å². The molecule has 142 valence electrons. The van der Waals surface area contributed by atoms with Crippen molar-refractivity contribution in [3.05, 3.63) is 0 Å². The van der Waals surface area contributed by atoms with Gasteiger partial charge in [-0.3, -0.25) is 20.3 Å². The Kier molecular flexibility index (Phi) is 5.29. The van der Waals surface area contributed by atoms with Crippen LogP contribution in [0.2, 0.25) is 0 Å². The highest BCUT2D eigenvalue weighted by atomic mass is 16.7. The molecular weight excluding hydrogens is 320 g/mol. The van der Waals surface area contributed by atoms with E-state index in [-0.39, 0.29) is 24.4 Å². The van der Waals surface area contributed by atoms with E-state index in [9.17, 15) is 4.79 Å². The third kappa shape index (κ3) is 3.71. The third-order valence-corrected chi connectivity index (χ3v) is 6.52. The molecule has 4 fully saturated rings. The number of amides is 1. The van der Waals surface area contributed by atoms with Crippen molar-refractivity contribution in [2.24, 2.45) is 17.8 Å². The molecule has 2 heterocycles. The summed E-state index contributed by atoms with van der Waals surface area (Å²) in [6.07, 6.45) is 6.94. The largest absolute Gasteiger partial charge is 0.350 e. The predicted octanol–water partition coefficient (Wildman–Crippen LogP) is 0.819. The molecule has 0 bridgehead atoms. The Morgan fingerprint density at radius 1 is 1.20 bits per heavy atom. The maximum absolute atomic E-state index is 12.4. The average Bonchev–Trinajstić information content (AvgIpc) is 3.34. The number of hydrogen-bond acceptors (Lipinski definition) is 6. The van der Waals surface area contributed by atoms with Gasteiger partial charge in [0, 0.05) is 12.6 Å². The van der Waals surface area contributed by atoms with Gasteiger partial charge >= 0.3 is 0 Å². The summed E-state index contributed by atoms with van der Waals surface area (Å²) < 4.78 is 5.62. The zero-order chi connectivity index (χ0) is 17.4. The topological polar surface area (TPSA) is 83.7 Å². The molecule has 2 saturated heterocycles. The minimum atomic E-state index is -0.472. The standard InChI is InChI=1S/C18H32N4O3/c1-3-15-21-16(22-25-15)12-4-6-13-11(8-12)5-7-14(13)20-17(23)18-19-9-10(2)24-18/h10-16,18-19,21-22H,3-9H2,1-2H3,(H,20,23)/t10?,11?,12?,13?,14-,15?,16?,18?/m1/s1. The summed E-state index contributed by atoms with van der Waals surface area (Å²) in [6, 6.07) is 0.309. The van der Waals surface area contributed by atoms with Gasteiger partial charge in [-0.25, -0.2) is 0 Å². The summed E-state index contributed by atoms with van der Waals surface area (Å²) in [5.74, 6) is 1.95. The molecule has 4 rings (SSSR count). The van der Waals surface area contributed by atoms with Crippen molar-refractivity contribution in [1.29, 1.82) is 0 Å². The molecule has 25 heavy (non-hydrogen) atoms. The van der Waals surface area contributed by atoms with Crippen LogP contribution in [0, 0.1) is 17.8 Å². The second-order valence-corrected chi connectivity index (χ2v) is 8.20. The van der Waals surface area contributed by atoms with Crippen molar-refractivity contribution in [3.8, 4) is 0 Å². The Bertz CT molecular complexity index is 491. The molecule has 2 aliphatic heterocycles. The lowest BCUT2D eigenvalue weighted by Crippen LogP contribution is -2.49. The zero-order valence-corrected chi connectivity index (χ0v) is 15.3. The fourth-order valence-electron chi connectivity index (χ4n) is 5.15. The number of ether oxygens (including phenoxy) is 1. The van der Waals surface area contributed by atoms with Crippen LogP contribution in [0.5, 0.6) is 0 Å². The normalized spacial score (nSPS) is 47.0. The Morgan fingerprint density at radius 2 is 2.04 bits per heavy atom. The van der Waals surface area contributed by atoms with Crippen LogP contribution in [0.4, 0.5) is 0 Å². The van der Waals surface area contributed by atoms with Gasteiger partial charge in [0.2, 0.25) is 0 Å². The average molecular weight is 352 g/mol. The second kappa shape index (κ2) is 7.48. The van der Waals surface area contributed by atoms with Crippen molar-refractivity contribution in [2.75, 3.05) is 6.54 Å². The Morgan fingerprint density at radius 3 is 2.76 bits per heavy atom. The van der Waals surface area contributed by atoms with E-state index in [1.165, 1.54) is 25.7 Å². The fraction of sp³-hybridized carbons (Fsp3) is 0.944. The molecule has 4 aliphatic rings. The van der Waals surface area contributed by atoms with Crippen LogP contribution in [0.15, 0.2) is 0 Å². The van der Waals surface area contributed by atoms with Crippen LogP contribution in [0.1, 0.15) is 52.4 Å². The third-order valence-electron chi connectivity index (χ3n) is 6.52. The molecule has 0 aromatic heterocycles. The molecule has 7 heteroatoms. The van der Waals surface area contributed by atoms with Gasteiger partial charge in [0.05, 0.1) is 12.3 Å². The molecule has 2 saturated carbocycles. The molecule has 7 nitrogen and oxygen atoms in total. The summed E-state index contributed by atoms with van der Waals surface area (Å²) >= 11 is 0. The number of carbonyl (C=O) groups excluding carboxylic acids is 1. The van der Waals surface area contributed by atoms with Crippen molar-refractivity contribution in [3.63, 3.8) is 0 Å². The number of fused-ring (bicyclic) bond motifs is 1. The van der Waals surface area contributed by atoms with Gasteiger partial charge in [0.1, 0.15) is 6.23 Å². The van der Waals surface area contributed by atoms with E-state index in [1.54, 1.807) is 0 Å². The lowest BCUT2D eigenvalue weighted by Gasteiger charge is -2.36. The fourth-order valence-corrected chi connectivity index (χ4v) is 5.15. The van der Waals surface area contributed by atoms with Crippen LogP contribution in [0.25, 0.3) is 0 Å². The van der Waals surface area contributed by atoms with Crippen LogP contribution in [-0.2, 0) is 14.4 Å². The maximum Gasteiger partial charge on any atom is 0.264 e. The van der Waals surface area contributed by atoms with Gasteiger partial charge < -0.3 is 10.1 Å². The van der Waals surface area contributed by atoms with Crippen molar-refractivity contribution in [2.45, 2.75) is 83.1 Å². The first kappa shape index (κ1) is 17.7. The predicted molar refractivity (Wildman–Crippen MR) is 93.0 cm³/mol. The lowest BCUT2D eigenvalue weighted by molar-refractivity contribution is -0.133. The Balaban J connectivity index is 1.28. The van der Waals surface area contributed by atoms with E-state index in [0.29, 0.717) is 23.8 Å². The molecule has 1 amide bonds. The SMILES string of the molecule is CCC1NC(C2CCC3C(CC[C@H]3NC(=O)C3NCC(C)O3)C2)NO1. The summed E-state index contributed by atoms with van der Waals surface area (Å²) in [5, 5.41) is 9.95. The summed E-state index contributed by atoms with van der Waals surface area (Å²) in [6.45, 7) is 4.87. The van der Waals surface area contributed by atoms with Crippen molar-refractivity contribution < 1.29 is 14.4 Å². The number of nitrogens with one attached hydrogen (secondary N) is 4. The second-order valence-electron chi connectivity index (χ2n) is 8.20. The first-order chi connectivity index (χ1) is 12.1. The number of carbonyl (C=O) groups is 1. The number of hydroxylamine groups is 1. The van der Waals surface area contributed by atoms with Gasteiger partial charge in [0.25, 0.3) is 5.91 Å². The van der Waals surface area contributed by atoms with Crippen molar-refractivity contribution in [1.82, 2.24) is 21.4 Å².